The zero-order valence-electron chi connectivity index (χ0n) is 9.89. The van der Waals surface area contributed by atoms with E-state index in [0.717, 1.165) is 12.1 Å². The molecule has 1 aromatic heterocycles. The Morgan fingerprint density at radius 1 is 1.10 bits per heavy atom. The second-order valence-corrected chi connectivity index (χ2v) is 3.65. The molecule has 20 heavy (non-hydrogen) atoms. The van der Waals surface area contributed by atoms with E-state index in [1.54, 1.807) is 0 Å². The molecule has 2 rings (SSSR count). The molecule has 1 heterocycles. The normalized spacial score (nSPS) is 10.9. The third-order valence-electron chi connectivity index (χ3n) is 2.17. The van der Waals surface area contributed by atoms with Crippen molar-refractivity contribution in [3.05, 3.63) is 48.5 Å². The lowest BCUT2D eigenvalue weighted by Gasteiger charge is -2.09. The zero-order chi connectivity index (χ0) is 14.6. The van der Waals surface area contributed by atoms with E-state index in [0.29, 0.717) is 5.69 Å². The third kappa shape index (κ3) is 3.94. The van der Waals surface area contributed by atoms with Crippen LogP contribution in [0.4, 0.5) is 18.9 Å². The number of alkyl halides is 3. The molecule has 0 aliphatic heterocycles. The Morgan fingerprint density at radius 3 is 2.25 bits per heavy atom. The number of anilines is 1. The van der Waals surface area contributed by atoms with E-state index in [9.17, 15) is 18.0 Å². The van der Waals surface area contributed by atoms with Gasteiger partial charge in [-0.15, -0.1) is 13.2 Å². The lowest BCUT2D eigenvalue weighted by Crippen LogP contribution is -2.17. The lowest BCUT2D eigenvalue weighted by atomic mass is 10.2. The SMILES string of the molecule is O=C(Nc1ccc(OC(F)(F)F)cc1)c1cncnc1. The summed E-state index contributed by atoms with van der Waals surface area (Å²) in [6.07, 6.45) is -0.820. The average Bonchev–Trinajstić information content (AvgIpc) is 2.40. The third-order valence-corrected chi connectivity index (χ3v) is 2.17. The van der Waals surface area contributed by atoms with Crippen molar-refractivity contribution in [2.75, 3.05) is 5.32 Å². The Morgan fingerprint density at radius 2 is 1.70 bits per heavy atom. The minimum Gasteiger partial charge on any atom is -0.406 e. The highest BCUT2D eigenvalue weighted by Crippen LogP contribution is 2.24. The van der Waals surface area contributed by atoms with E-state index in [2.05, 4.69) is 20.0 Å². The van der Waals surface area contributed by atoms with Crippen molar-refractivity contribution in [1.29, 1.82) is 0 Å². The first kappa shape index (κ1) is 13.8. The molecule has 0 radical (unpaired) electrons. The van der Waals surface area contributed by atoms with Crippen molar-refractivity contribution in [3.63, 3.8) is 0 Å². The number of hydrogen-bond donors (Lipinski definition) is 1. The summed E-state index contributed by atoms with van der Waals surface area (Å²) in [5.74, 6) is -0.825. The van der Waals surface area contributed by atoms with Gasteiger partial charge in [0.25, 0.3) is 5.91 Å². The number of amides is 1. The largest absolute Gasteiger partial charge is 0.573 e. The first-order valence-corrected chi connectivity index (χ1v) is 5.36. The zero-order valence-corrected chi connectivity index (χ0v) is 9.89. The van der Waals surface area contributed by atoms with Gasteiger partial charge in [-0.2, -0.15) is 0 Å². The van der Waals surface area contributed by atoms with Crippen molar-refractivity contribution < 1.29 is 22.7 Å². The molecule has 0 saturated carbocycles. The molecule has 1 aromatic carbocycles. The molecule has 1 amide bonds. The minimum atomic E-state index is -4.74. The van der Waals surface area contributed by atoms with Crippen LogP contribution in [0.3, 0.4) is 0 Å². The number of nitrogens with one attached hydrogen (secondary N) is 1. The van der Waals surface area contributed by atoms with Crippen molar-refractivity contribution in [3.8, 4) is 5.75 Å². The Labute approximate surface area is 111 Å². The van der Waals surface area contributed by atoms with Gasteiger partial charge in [-0.25, -0.2) is 9.97 Å². The second kappa shape index (κ2) is 5.55. The molecule has 1 N–H and O–H groups in total. The number of benzene rings is 1. The maximum atomic E-state index is 12.0. The van der Waals surface area contributed by atoms with Crippen LogP contribution in [0.1, 0.15) is 10.4 Å². The fourth-order valence-corrected chi connectivity index (χ4v) is 1.36. The average molecular weight is 283 g/mol. The standard InChI is InChI=1S/C12H8F3N3O2/c13-12(14,15)20-10-3-1-9(2-4-10)18-11(19)8-5-16-7-17-6-8/h1-7H,(H,18,19). The number of carbonyl (C=O) groups is 1. The number of ether oxygens (including phenoxy) is 1. The first-order valence-electron chi connectivity index (χ1n) is 5.36. The Bertz CT molecular complexity index is 585. The van der Waals surface area contributed by atoms with Crippen LogP contribution in [0.15, 0.2) is 43.0 Å². The second-order valence-electron chi connectivity index (χ2n) is 3.65. The quantitative estimate of drug-likeness (QED) is 0.940. The van der Waals surface area contributed by atoms with Crippen LogP contribution in [0, 0.1) is 0 Å². The molecule has 8 heteroatoms. The van der Waals surface area contributed by atoms with Gasteiger partial charge in [-0.3, -0.25) is 4.79 Å². The van der Waals surface area contributed by atoms with E-state index in [1.165, 1.54) is 30.9 Å². The highest BCUT2D eigenvalue weighted by molar-refractivity contribution is 6.03. The Kier molecular flexibility index (Phi) is 3.83. The summed E-state index contributed by atoms with van der Waals surface area (Å²) in [5, 5.41) is 2.49. The number of hydrogen-bond acceptors (Lipinski definition) is 4. The van der Waals surface area contributed by atoms with Crippen molar-refractivity contribution in [2.45, 2.75) is 6.36 Å². The predicted octanol–water partition coefficient (Wildman–Crippen LogP) is 2.63. The summed E-state index contributed by atoms with van der Waals surface area (Å²) in [6.45, 7) is 0. The highest BCUT2D eigenvalue weighted by Gasteiger charge is 2.30. The maximum absolute atomic E-state index is 12.0. The van der Waals surface area contributed by atoms with Crippen molar-refractivity contribution in [1.82, 2.24) is 9.97 Å². The molecular weight excluding hydrogens is 275 g/mol. The van der Waals surface area contributed by atoms with Crippen LogP contribution in [0.25, 0.3) is 0 Å². The molecular formula is C12H8F3N3O2. The summed E-state index contributed by atoms with van der Waals surface area (Å²) in [4.78, 5) is 19.1. The van der Waals surface area contributed by atoms with Crippen LogP contribution in [0.2, 0.25) is 0 Å². The van der Waals surface area contributed by atoms with Crippen LogP contribution in [-0.2, 0) is 0 Å². The number of rotatable bonds is 3. The summed E-state index contributed by atoms with van der Waals surface area (Å²) in [7, 11) is 0. The first-order chi connectivity index (χ1) is 9.44. The van der Waals surface area contributed by atoms with Crippen LogP contribution in [0.5, 0.6) is 5.75 Å². The smallest absolute Gasteiger partial charge is 0.406 e. The van der Waals surface area contributed by atoms with Gasteiger partial charge in [0.2, 0.25) is 0 Å². The molecule has 0 bridgehead atoms. The number of nitrogens with zero attached hydrogens (tertiary/aromatic N) is 2. The molecule has 5 nitrogen and oxygen atoms in total. The number of aromatic nitrogens is 2. The maximum Gasteiger partial charge on any atom is 0.573 e. The number of halogens is 3. The summed E-state index contributed by atoms with van der Waals surface area (Å²) in [6, 6.07) is 4.79. The molecule has 0 saturated heterocycles. The highest BCUT2D eigenvalue weighted by atomic mass is 19.4. The molecule has 0 aliphatic rings. The predicted molar refractivity (Wildman–Crippen MR) is 63.1 cm³/mol. The molecule has 0 unspecified atom stereocenters. The Hall–Kier alpha value is -2.64. The van der Waals surface area contributed by atoms with E-state index in [4.69, 9.17) is 0 Å². The van der Waals surface area contributed by atoms with Gasteiger partial charge in [0.15, 0.2) is 0 Å². The van der Waals surface area contributed by atoms with Crippen molar-refractivity contribution in [2.24, 2.45) is 0 Å². The molecule has 0 spiro atoms. The summed E-state index contributed by atoms with van der Waals surface area (Å²) >= 11 is 0. The van der Waals surface area contributed by atoms with Gasteiger partial charge >= 0.3 is 6.36 Å². The van der Waals surface area contributed by atoms with E-state index >= 15 is 0 Å². The lowest BCUT2D eigenvalue weighted by molar-refractivity contribution is -0.274. The fraction of sp³-hybridized carbons (Fsp3) is 0.0833. The van der Waals surface area contributed by atoms with Gasteiger partial charge in [-0.05, 0) is 24.3 Å². The number of carbonyl (C=O) groups excluding carboxylic acids is 1. The van der Waals surface area contributed by atoms with Gasteiger partial charge in [0.1, 0.15) is 12.1 Å². The molecule has 2 aromatic rings. The minimum absolute atomic E-state index is 0.239. The Balaban J connectivity index is 2.02. The molecule has 104 valence electrons. The monoisotopic (exact) mass is 283 g/mol. The summed E-state index contributed by atoms with van der Waals surface area (Å²) < 4.78 is 39.6. The van der Waals surface area contributed by atoms with E-state index < -0.39 is 12.3 Å². The van der Waals surface area contributed by atoms with Gasteiger partial charge in [0.05, 0.1) is 5.56 Å². The van der Waals surface area contributed by atoms with Crippen LogP contribution in [-0.4, -0.2) is 22.2 Å². The van der Waals surface area contributed by atoms with Crippen LogP contribution >= 0.6 is 0 Å². The molecule has 0 atom stereocenters. The van der Waals surface area contributed by atoms with Gasteiger partial charge in [0, 0.05) is 18.1 Å². The van der Waals surface area contributed by atoms with Crippen molar-refractivity contribution >= 4 is 11.6 Å². The molecule has 0 aliphatic carbocycles. The van der Waals surface area contributed by atoms with Crippen LogP contribution < -0.4 is 10.1 Å². The fourth-order valence-electron chi connectivity index (χ4n) is 1.36. The van der Waals surface area contributed by atoms with E-state index in [1.807, 2.05) is 0 Å². The van der Waals surface area contributed by atoms with Gasteiger partial charge in [-0.1, -0.05) is 0 Å². The molecule has 0 fully saturated rings. The van der Waals surface area contributed by atoms with E-state index in [-0.39, 0.29) is 11.3 Å². The topological polar surface area (TPSA) is 64.1 Å². The van der Waals surface area contributed by atoms with Gasteiger partial charge < -0.3 is 10.1 Å². The summed E-state index contributed by atoms with van der Waals surface area (Å²) in [5.41, 5.74) is 0.566.